The zero-order chi connectivity index (χ0) is 16.5. The molecule has 122 valence electrons. The van der Waals surface area contributed by atoms with Crippen LogP contribution >= 0.6 is 0 Å². The Hall–Kier alpha value is -0.673. The maximum atomic E-state index is 11.7. The highest BCUT2D eigenvalue weighted by Gasteiger charge is 2.17. The number of carbonyl (C=O) groups is 1. The van der Waals surface area contributed by atoms with Crippen molar-refractivity contribution in [3.05, 3.63) is 23.8 Å². The van der Waals surface area contributed by atoms with Gasteiger partial charge >= 0.3 is 0 Å². The van der Waals surface area contributed by atoms with Gasteiger partial charge in [0.15, 0.2) is 5.78 Å². The second kappa shape index (κ2) is 10.1. The minimum atomic E-state index is -1.09. The summed E-state index contributed by atoms with van der Waals surface area (Å²) in [6, 6.07) is 1.11. The second-order valence-electron chi connectivity index (χ2n) is 7.38. The second-order valence-corrected chi connectivity index (χ2v) is 13.0. The van der Waals surface area contributed by atoms with Gasteiger partial charge in [-0.25, -0.2) is 0 Å². The quantitative estimate of drug-likeness (QED) is 0.378. The Morgan fingerprint density at radius 3 is 2.29 bits per heavy atom. The van der Waals surface area contributed by atoms with Crippen LogP contribution in [0.3, 0.4) is 0 Å². The minimum Gasteiger partial charge on any atom is -0.370 e. The average Bonchev–Trinajstić information content (AvgIpc) is 2.31. The molecule has 0 aliphatic heterocycles. The molecule has 0 saturated heterocycles. The van der Waals surface area contributed by atoms with Gasteiger partial charge in [-0.1, -0.05) is 36.9 Å². The third kappa shape index (κ3) is 12.8. The van der Waals surface area contributed by atoms with Gasteiger partial charge in [-0.15, -0.1) is 6.58 Å². The van der Waals surface area contributed by atoms with Crippen molar-refractivity contribution in [2.75, 3.05) is 6.61 Å². The first-order valence-corrected chi connectivity index (χ1v) is 11.7. The van der Waals surface area contributed by atoms with Gasteiger partial charge in [0.25, 0.3) is 0 Å². The first kappa shape index (κ1) is 20.3. The lowest BCUT2D eigenvalue weighted by Crippen LogP contribution is -2.26. The third-order valence-electron chi connectivity index (χ3n) is 3.48. The van der Waals surface area contributed by atoms with E-state index in [2.05, 4.69) is 46.1 Å². The van der Waals surface area contributed by atoms with Crippen molar-refractivity contribution in [3.63, 3.8) is 0 Å². The normalized spacial score (nSPS) is 14.1. The number of ether oxygens (including phenoxy) is 1. The van der Waals surface area contributed by atoms with E-state index in [0.717, 1.165) is 25.3 Å². The van der Waals surface area contributed by atoms with E-state index in [1.54, 1.807) is 6.92 Å². The van der Waals surface area contributed by atoms with Crippen molar-refractivity contribution in [1.29, 1.82) is 0 Å². The molecule has 3 heteroatoms. The van der Waals surface area contributed by atoms with E-state index in [1.165, 1.54) is 11.1 Å². The lowest BCUT2D eigenvalue weighted by Gasteiger charge is -2.19. The maximum Gasteiger partial charge on any atom is 0.158 e. The van der Waals surface area contributed by atoms with Crippen LogP contribution < -0.4 is 0 Å². The van der Waals surface area contributed by atoms with Gasteiger partial charge in [0, 0.05) is 14.7 Å². The molecule has 0 bridgehead atoms. The minimum absolute atomic E-state index is 0.136. The Balaban J connectivity index is 4.19. The SMILES string of the molecule is C=C(C)CCC/C(C)=C\C[C@H](OCC[Si](C)(C)C)C(C)=O. The summed E-state index contributed by atoms with van der Waals surface area (Å²) < 4.78 is 5.80. The summed E-state index contributed by atoms with van der Waals surface area (Å²) in [6.45, 7) is 17.4. The van der Waals surface area contributed by atoms with E-state index >= 15 is 0 Å². The molecule has 0 rings (SSSR count). The molecule has 0 unspecified atom stereocenters. The van der Waals surface area contributed by atoms with Crippen LogP contribution in [-0.4, -0.2) is 26.6 Å². The molecular weight excluding hydrogens is 276 g/mol. The van der Waals surface area contributed by atoms with Crippen LogP contribution in [0.15, 0.2) is 23.8 Å². The number of hydrogen-bond acceptors (Lipinski definition) is 2. The summed E-state index contributed by atoms with van der Waals surface area (Å²) in [5.74, 6) is 0.136. The Morgan fingerprint density at radius 1 is 1.19 bits per heavy atom. The van der Waals surface area contributed by atoms with Gasteiger partial charge < -0.3 is 4.74 Å². The molecular formula is C18H34O2Si. The molecule has 2 nitrogen and oxygen atoms in total. The summed E-state index contributed by atoms with van der Waals surface area (Å²) >= 11 is 0. The van der Waals surface area contributed by atoms with Gasteiger partial charge in [-0.3, -0.25) is 4.79 Å². The number of allylic oxidation sites excluding steroid dienone is 2. The molecule has 0 saturated carbocycles. The zero-order valence-corrected chi connectivity index (χ0v) is 15.9. The fourth-order valence-corrected chi connectivity index (χ4v) is 2.67. The van der Waals surface area contributed by atoms with Crippen molar-refractivity contribution < 1.29 is 9.53 Å². The molecule has 0 radical (unpaired) electrons. The van der Waals surface area contributed by atoms with Crippen molar-refractivity contribution in [2.45, 2.75) is 78.2 Å². The van der Waals surface area contributed by atoms with Gasteiger partial charge in [-0.2, -0.15) is 0 Å². The number of ketones is 1. The number of rotatable bonds is 11. The van der Waals surface area contributed by atoms with Crippen LogP contribution in [0.5, 0.6) is 0 Å². The number of Topliss-reactive ketones (excluding diaryl/α,β-unsaturated/α-hetero) is 1. The predicted molar refractivity (Wildman–Crippen MR) is 95.6 cm³/mol. The van der Waals surface area contributed by atoms with Gasteiger partial charge in [0.1, 0.15) is 6.10 Å². The number of hydrogen-bond donors (Lipinski definition) is 0. The van der Waals surface area contributed by atoms with Gasteiger partial charge in [-0.05, 0) is 52.5 Å². The smallest absolute Gasteiger partial charge is 0.158 e. The molecule has 0 fully saturated rings. The monoisotopic (exact) mass is 310 g/mol. The van der Waals surface area contributed by atoms with Crippen LogP contribution in [0.2, 0.25) is 25.7 Å². The summed E-state index contributed by atoms with van der Waals surface area (Å²) in [6.07, 6.45) is 5.90. The predicted octanol–water partition coefficient (Wildman–Crippen LogP) is 5.38. The molecule has 0 heterocycles. The molecule has 21 heavy (non-hydrogen) atoms. The maximum absolute atomic E-state index is 11.7. The lowest BCUT2D eigenvalue weighted by molar-refractivity contribution is -0.127. The van der Waals surface area contributed by atoms with Crippen LogP contribution in [0.25, 0.3) is 0 Å². The molecule has 0 aliphatic carbocycles. The van der Waals surface area contributed by atoms with E-state index in [4.69, 9.17) is 4.74 Å². The first-order valence-electron chi connectivity index (χ1n) is 8.04. The van der Waals surface area contributed by atoms with E-state index in [1.807, 2.05) is 0 Å². The molecule has 0 spiro atoms. The van der Waals surface area contributed by atoms with Crippen LogP contribution in [-0.2, 0) is 9.53 Å². The first-order chi connectivity index (χ1) is 9.61. The Labute approximate surface area is 132 Å². The highest BCUT2D eigenvalue weighted by molar-refractivity contribution is 6.76. The lowest BCUT2D eigenvalue weighted by atomic mass is 10.0. The molecule has 0 amide bonds. The highest BCUT2D eigenvalue weighted by atomic mass is 28.3. The highest BCUT2D eigenvalue weighted by Crippen LogP contribution is 2.14. The van der Waals surface area contributed by atoms with E-state index in [-0.39, 0.29) is 11.9 Å². The topological polar surface area (TPSA) is 26.3 Å². The Bertz CT molecular complexity index is 364. The molecule has 0 N–H and O–H groups in total. The van der Waals surface area contributed by atoms with Gasteiger partial charge in [0.05, 0.1) is 0 Å². The average molecular weight is 311 g/mol. The summed E-state index contributed by atoms with van der Waals surface area (Å²) in [5, 5.41) is 0. The van der Waals surface area contributed by atoms with Crippen molar-refractivity contribution >= 4 is 13.9 Å². The molecule has 1 atom stereocenters. The fraction of sp³-hybridized carbons (Fsp3) is 0.722. The van der Waals surface area contributed by atoms with Gasteiger partial charge in [0.2, 0.25) is 0 Å². The van der Waals surface area contributed by atoms with Crippen molar-refractivity contribution in [1.82, 2.24) is 0 Å². The molecule has 0 aromatic heterocycles. The summed E-state index contributed by atoms with van der Waals surface area (Å²) in [5.41, 5.74) is 2.58. The zero-order valence-electron chi connectivity index (χ0n) is 14.9. The van der Waals surface area contributed by atoms with Crippen molar-refractivity contribution in [3.8, 4) is 0 Å². The number of carbonyl (C=O) groups excluding carboxylic acids is 1. The van der Waals surface area contributed by atoms with Crippen LogP contribution in [0.4, 0.5) is 0 Å². The fourth-order valence-electron chi connectivity index (χ4n) is 1.94. The Kier molecular flexibility index (Phi) is 9.80. The van der Waals surface area contributed by atoms with Crippen LogP contribution in [0, 0.1) is 0 Å². The van der Waals surface area contributed by atoms with E-state index < -0.39 is 8.07 Å². The van der Waals surface area contributed by atoms with E-state index in [0.29, 0.717) is 13.0 Å². The molecule has 0 aromatic rings. The molecule has 0 aliphatic rings. The van der Waals surface area contributed by atoms with Crippen molar-refractivity contribution in [2.24, 2.45) is 0 Å². The summed E-state index contributed by atoms with van der Waals surface area (Å²) in [7, 11) is -1.09. The summed E-state index contributed by atoms with van der Waals surface area (Å²) in [4.78, 5) is 11.7. The largest absolute Gasteiger partial charge is 0.370 e. The molecule has 0 aromatic carbocycles. The standard InChI is InChI=1S/C18H34O2Si/c1-15(2)9-8-10-16(3)11-12-18(17(4)19)20-13-14-21(5,6)7/h11,18H,1,8-10,12-14H2,2-7H3/b16-11-/t18-/m0/s1. The van der Waals surface area contributed by atoms with Crippen LogP contribution in [0.1, 0.15) is 46.5 Å². The van der Waals surface area contributed by atoms with E-state index in [9.17, 15) is 4.79 Å². The third-order valence-corrected chi connectivity index (χ3v) is 5.18. The Morgan fingerprint density at radius 2 is 1.81 bits per heavy atom.